The summed E-state index contributed by atoms with van der Waals surface area (Å²) >= 11 is 17.7. The average molecular weight is 394 g/mol. The van der Waals surface area contributed by atoms with Gasteiger partial charge in [0, 0.05) is 5.69 Å². The molecule has 23 heavy (non-hydrogen) atoms. The van der Waals surface area contributed by atoms with Gasteiger partial charge in [0.2, 0.25) is 10.0 Å². The lowest BCUT2D eigenvalue weighted by Crippen LogP contribution is -2.20. The van der Waals surface area contributed by atoms with Crippen molar-refractivity contribution in [3.05, 3.63) is 57.0 Å². The van der Waals surface area contributed by atoms with Crippen molar-refractivity contribution in [1.82, 2.24) is 4.72 Å². The van der Waals surface area contributed by atoms with E-state index in [-0.39, 0.29) is 20.5 Å². The van der Waals surface area contributed by atoms with Crippen LogP contribution < -0.4 is 10.0 Å². The Morgan fingerprint density at radius 3 is 2.22 bits per heavy atom. The van der Waals surface area contributed by atoms with Crippen molar-refractivity contribution in [2.24, 2.45) is 0 Å². The summed E-state index contributed by atoms with van der Waals surface area (Å²) in [5, 5.41) is 3.34. The Morgan fingerprint density at radius 2 is 1.61 bits per heavy atom. The SMILES string of the molecule is CNS(=O)(=O)c1ccc(Cl)c(C(=O)Nc2ccc(Cl)c(Cl)c2)c1. The number of halogens is 3. The Bertz CT molecular complexity index is 870. The highest BCUT2D eigenvalue weighted by Crippen LogP contribution is 2.26. The van der Waals surface area contributed by atoms with Crippen molar-refractivity contribution >= 4 is 56.4 Å². The number of rotatable bonds is 4. The molecule has 0 bridgehead atoms. The molecule has 0 spiro atoms. The Labute approximate surface area is 148 Å². The molecule has 2 aromatic rings. The van der Waals surface area contributed by atoms with E-state index in [0.29, 0.717) is 10.7 Å². The van der Waals surface area contributed by atoms with E-state index in [1.165, 1.54) is 37.4 Å². The van der Waals surface area contributed by atoms with E-state index in [1.807, 2.05) is 0 Å². The van der Waals surface area contributed by atoms with Crippen molar-refractivity contribution < 1.29 is 13.2 Å². The van der Waals surface area contributed by atoms with E-state index < -0.39 is 15.9 Å². The van der Waals surface area contributed by atoms with E-state index in [1.54, 1.807) is 6.07 Å². The van der Waals surface area contributed by atoms with Crippen LogP contribution in [0.1, 0.15) is 10.4 Å². The first-order valence-corrected chi connectivity index (χ1v) is 8.86. The van der Waals surface area contributed by atoms with E-state index in [4.69, 9.17) is 34.8 Å². The predicted octanol–water partition coefficient (Wildman–Crippen LogP) is 3.81. The molecule has 2 N–H and O–H groups in total. The van der Waals surface area contributed by atoms with Gasteiger partial charge in [-0.15, -0.1) is 0 Å². The molecular weight excluding hydrogens is 383 g/mol. The standard InChI is InChI=1S/C14H11Cl3N2O3S/c1-18-23(21,22)9-3-5-11(15)10(7-9)14(20)19-8-2-4-12(16)13(17)6-8/h2-7,18H,1H3,(H,19,20). The van der Waals surface area contributed by atoms with Crippen LogP contribution in [0, 0.1) is 0 Å². The summed E-state index contributed by atoms with van der Waals surface area (Å²) in [5.74, 6) is -0.568. The van der Waals surface area contributed by atoms with Gasteiger partial charge in [0.1, 0.15) is 0 Å². The second kappa shape index (κ2) is 7.07. The number of hydrogen-bond acceptors (Lipinski definition) is 3. The summed E-state index contributed by atoms with van der Waals surface area (Å²) in [7, 11) is -2.41. The maximum absolute atomic E-state index is 12.3. The Morgan fingerprint density at radius 1 is 0.957 bits per heavy atom. The second-order valence-electron chi connectivity index (χ2n) is 4.43. The summed E-state index contributed by atoms with van der Waals surface area (Å²) < 4.78 is 25.8. The maximum atomic E-state index is 12.3. The number of benzene rings is 2. The third kappa shape index (κ3) is 4.16. The maximum Gasteiger partial charge on any atom is 0.257 e. The second-order valence-corrected chi connectivity index (χ2v) is 7.54. The fraction of sp³-hybridized carbons (Fsp3) is 0.0714. The van der Waals surface area contributed by atoms with Crippen LogP contribution in [0.3, 0.4) is 0 Å². The minimum absolute atomic E-state index is 0.0223. The van der Waals surface area contributed by atoms with Gasteiger partial charge in [0.25, 0.3) is 5.91 Å². The number of sulfonamides is 1. The molecule has 1 amide bonds. The number of carbonyl (C=O) groups excluding carboxylic acids is 1. The van der Waals surface area contributed by atoms with Crippen molar-refractivity contribution in [2.75, 3.05) is 12.4 Å². The highest BCUT2D eigenvalue weighted by Gasteiger charge is 2.17. The van der Waals surface area contributed by atoms with Crippen molar-refractivity contribution in [1.29, 1.82) is 0 Å². The minimum atomic E-state index is -3.68. The molecule has 0 aliphatic heterocycles. The van der Waals surface area contributed by atoms with Crippen LogP contribution in [0.15, 0.2) is 41.3 Å². The number of nitrogens with one attached hydrogen (secondary N) is 2. The lowest BCUT2D eigenvalue weighted by atomic mass is 10.2. The number of anilines is 1. The monoisotopic (exact) mass is 392 g/mol. The van der Waals surface area contributed by atoms with E-state index in [0.717, 1.165) is 0 Å². The van der Waals surface area contributed by atoms with Crippen molar-refractivity contribution in [3.63, 3.8) is 0 Å². The molecule has 5 nitrogen and oxygen atoms in total. The average Bonchev–Trinajstić information content (AvgIpc) is 2.51. The Kier molecular flexibility index (Phi) is 5.54. The third-order valence-corrected chi connectivity index (χ3v) is 5.42. The van der Waals surface area contributed by atoms with Gasteiger partial charge in [-0.25, -0.2) is 13.1 Å². The van der Waals surface area contributed by atoms with Gasteiger partial charge in [-0.2, -0.15) is 0 Å². The first kappa shape index (κ1) is 18.0. The molecule has 0 unspecified atom stereocenters. The Balaban J connectivity index is 2.35. The molecule has 0 radical (unpaired) electrons. The molecule has 0 heterocycles. The van der Waals surface area contributed by atoms with Crippen LogP contribution in [-0.4, -0.2) is 21.4 Å². The molecule has 0 aliphatic rings. The van der Waals surface area contributed by atoms with E-state index in [2.05, 4.69) is 10.0 Å². The first-order chi connectivity index (χ1) is 10.7. The zero-order valence-corrected chi connectivity index (χ0v) is 14.8. The highest BCUT2D eigenvalue weighted by atomic mass is 35.5. The van der Waals surface area contributed by atoms with Gasteiger partial charge in [-0.05, 0) is 43.4 Å². The molecule has 0 aromatic heterocycles. The Hall–Kier alpha value is -1.31. The molecule has 2 aromatic carbocycles. The zero-order valence-electron chi connectivity index (χ0n) is 11.7. The zero-order chi connectivity index (χ0) is 17.2. The lowest BCUT2D eigenvalue weighted by molar-refractivity contribution is 0.102. The van der Waals surface area contributed by atoms with Crippen molar-refractivity contribution in [3.8, 4) is 0 Å². The van der Waals surface area contributed by atoms with Gasteiger partial charge >= 0.3 is 0 Å². The number of carbonyl (C=O) groups is 1. The van der Waals surface area contributed by atoms with Crippen LogP contribution >= 0.6 is 34.8 Å². The minimum Gasteiger partial charge on any atom is -0.322 e. The summed E-state index contributed by atoms with van der Waals surface area (Å²) in [4.78, 5) is 12.2. The molecule has 0 saturated carbocycles. The summed E-state index contributed by atoms with van der Waals surface area (Å²) in [5.41, 5.74) is 0.427. The third-order valence-electron chi connectivity index (χ3n) is 2.94. The van der Waals surface area contributed by atoms with Crippen LogP contribution in [0.5, 0.6) is 0 Å². The van der Waals surface area contributed by atoms with Gasteiger partial charge in [-0.3, -0.25) is 4.79 Å². The molecule has 0 atom stereocenters. The topological polar surface area (TPSA) is 75.3 Å². The largest absolute Gasteiger partial charge is 0.322 e. The normalized spacial score (nSPS) is 11.3. The van der Waals surface area contributed by atoms with Crippen LogP contribution in [0.4, 0.5) is 5.69 Å². The van der Waals surface area contributed by atoms with Gasteiger partial charge in [0.15, 0.2) is 0 Å². The van der Waals surface area contributed by atoms with Crippen LogP contribution in [0.2, 0.25) is 15.1 Å². The number of hydrogen-bond donors (Lipinski definition) is 2. The predicted molar refractivity (Wildman–Crippen MR) is 92.1 cm³/mol. The summed E-state index contributed by atoms with van der Waals surface area (Å²) in [6, 6.07) is 8.42. The molecule has 2 rings (SSSR count). The molecule has 0 saturated heterocycles. The van der Waals surface area contributed by atoms with Gasteiger partial charge in [-0.1, -0.05) is 34.8 Å². The van der Waals surface area contributed by atoms with Gasteiger partial charge in [0.05, 0.1) is 25.5 Å². The molecule has 0 aliphatic carbocycles. The summed E-state index contributed by atoms with van der Waals surface area (Å²) in [6.45, 7) is 0. The smallest absolute Gasteiger partial charge is 0.257 e. The number of amides is 1. The molecule has 9 heteroatoms. The quantitative estimate of drug-likeness (QED) is 0.829. The fourth-order valence-corrected chi connectivity index (χ4v) is 2.99. The van der Waals surface area contributed by atoms with Gasteiger partial charge < -0.3 is 5.32 Å². The van der Waals surface area contributed by atoms with Crippen molar-refractivity contribution in [2.45, 2.75) is 4.90 Å². The summed E-state index contributed by atoms with van der Waals surface area (Å²) in [6.07, 6.45) is 0. The van der Waals surface area contributed by atoms with Crippen LogP contribution in [-0.2, 0) is 10.0 Å². The highest BCUT2D eigenvalue weighted by molar-refractivity contribution is 7.89. The lowest BCUT2D eigenvalue weighted by Gasteiger charge is -2.10. The molecule has 0 fully saturated rings. The van der Waals surface area contributed by atoms with E-state index >= 15 is 0 Å². The first-order valence-electron chi connectivity index (χ1n) is 6.24. The van der Waals surface area contributed by atoms with E-state index in [9.17, 15) is 13.2 Å². The molecule has 122 valence electrons. The fourth-order valence-electron chi connectivity index (χ4n) is 1.74. The van der Waals surface area contributed by atoms with Crippen LogP contribution in [0.25, 0.3) is 0 Å². The molecular formula is C14H11Cl3N2O3S.